The molecular weight excluding hydrogens is 283 g/mol. The molecule has 0 spiro atoms. The van der Waals surface area contributed by atoms with Crippen molar-refractivity contribution in [2.75, 3.05) is 0 Å². The van der Waals surface area contributed by atoms with Gasteiger partial charge in [0.25, 0.3) is 5.91 Å². The van der Waals surface area contributed by atoms with E-state index in [0.717, 1.165) is 25.7 Å². The number of amides is 1. The van der Waals surface area contributed by atoms with Crippen molar-refractivity contribution >= 4 is 5.91 Å². The number of nitrogens with zero attached hydrogens (tertiary/aromatic N) is 3. The monoisotopic (exact) mass is 302 g/mol. The van der Waals surface area contributed by atoms with Gasteiger partial charge in [-0.05, 0) is 24.8 Å². The Labute approximate surface area is 128 Å². The van der Waals surface area contributed by atoms with Gasteiger partial charge in [0.1, 0.15) is 5.82 Å². The fourth-order valence-electron chi connectivity index (χ4n) is 3.13. The Morgan fingerprint density at radius 2 is 2.09 bits per heavy atom. The molecule has 1 unspecified atom stereocenters. The summed E-state index contributed by atoms with van der Waals surface area (Å²) in [6, 6.07) is 6.32. The third kappa shape index (κ3) is 3.00. The Kier molecular flexibility index (Phi) is 4.18. The second-order valence-corrected chi connectivity index (χ2v) is 5.74. The van der Waals surface area contributed by atoms with E-state index in [1.165, 1.54) is 17.1 Å². The molecule has 1 saturated carbocycles. The summed E-state index contributed by atoms with van der Waals surface area (Å²) in [7, 11) is 1.65. The van der Waals surface area contributed by atoms with Crippen LogP contribution in [0.5, 0.6) is 0 Å². The average molecular weight is 302 g/mol. The molecule has 1 aromatic heterocycles. The molecule has 1 aliphatic carbocycles. The number of hydrogen-bond acceptors (Lipinski definition) is 3. The van der Waals surface area contributed by atoms with E-state index in [1.54, 1.807) is 25.2 Å². The Balaban J connectivity index is 1.85. The van der Waals surface area contributed by atoms with Gasteiger partial charge in [0, 0.05) is 12.6 Å². The average Bonchev–Trinajstić information content (AvgIpc) is 3.17. The highest BCUT2D eigenvalue weighted by atomic mass is 19.1. The van der Waals surface area contributed by atoms with Crippen LogP contribution in [-0.2, 0) is 7.05 Å². The molecular formula is C16H19FN4O. The molecule has 0 aliphatic heterocycles. The first-order chi connectivity index (χ1) is 10.6. The molecule has 116 valence electrons. The van der Waals surface area contributed by atoms with E-state index in [9.17, 15) is 9.18 Å². The molecule has 0 radical (unpaired) electrons. The van der Waals surface area contributed by atoms with Gasteiger partial charge in [-0.15, -0.1) is 5.10 Å². The molecule has 5 nitrogen and oxygen atoms in total. The lowest BCUT2D eigenvalue weighted by atomic mass is 9.91. The minimum Gasteiger partial charge on any atom is -0.343 e. The first-order valence-electron chi connectivity index (χ1n) is 7.57. The van der Waals surface area contributed by atoms with E-state index in [4.69, 9.17) is 0 Å². The van der Waals surface area contributed by atoms with Gasteiger partial charge >= 0.3 is 0 Å². The van der Waals surface area contributed by atoms with Crippen LogP contribution in [-0.4, -0.2) is 20.9 Å². The topological polar surface area (TPSA) is 59.8 Å². The second-order valence-electron chi connectivity index (χ2n) is 5.74. The minimum absolute atomic E-state index is 0.252. The van der Waals surface area contributed by atoms with Crippen molar-refractivity contribution in [1.82, 2.24) is 20.3 Å². The number of aromatic nitrogens is 3. The van der Waals surface area contributed by atoms with Crippen molar-refractivity contribution in [2.45, 2.75) is 31.7 Å². The Bertz CT molecular complexity index is 664. The van der Waals surface area contributed by atoms with E-state index in [1.807, 2.05) is 0 Å². The van der Waals surface area contributed by atoms with Gasteiger partial charge in [0.15, 0.2) is 5.69 Å². The summed E-state index contributed by atoms with van der Waals surface area (Å²) < 4.78 is 14.2. The normalized spacial score (nSPS) is 16.6. The fourth-order valence-corrected chi connectivity index (χ4v) is 3.13. The summed E-state index contributed by atoms with van der Waals surface area (Å²) in [5.41, 5.74) is 0.800. The van der Waals surface area contributed by atoms with Crippen molar-refractivity contribution in [3.05, 3.63) is 47.5 Å². The highest BCUT2D eigenvalue weighted by Crippen LogP contribution is 2.36. The maximum atomic E-state index is 14.2. The van der Waals surface area contributed by atoms with Crippen LogP contribution in [0.1, 0.15) is 47.8 Å². The molecule has 3 rings (SSSR count). The standard InChI is InChI=1S/C16H19FN4O/c1-21-18-10-14(20-21)16(22)19-15(11-6-2-3-7-11)12-8-4-5-9-13(12)17/h4-5,8-11,15H,2-3,6-7H2,1H3,(H,19,22). The van der Waals surface area contributed by atoms with Crippen LogP contribution >= 0.6 is 0 Å². The van der Waals surface area contributed by atoms with Crippen LogP contribution in [0.25, 0.3) is 0 Å². The number of carbonyl (C=O) groups is 1. The van der Waals surface area contributed by atoms with Gasteiger partial charge in [-0.2, -0.15) is 9.90 Å². The molecule has 1 heterocycles. The van der Waals surface area contributed by atoms with Crippen LogP contribution in [0.3, 0.4) is 0 Å². The molecule has 2 aromatic rings. The van der Waals surface area contributed by atoms with Gasteiger partial charge in [-0.1, -0.05) is 31.0 Å². The zero-order valence-electron chi connectivity index (χ0n) is 12.5. The van der Waals surface area contributed by atoms with Crippen molar-refractivity contribution < 1.29 is 9.18 Å². The number of aryl methyl sites for hydroxylation is 1. The smallest absolute Gasteiger partial charge is 0.273 e. The molecule has 6 heteroatoms. The van der Waals surface area contributed by atoms with E-state index in [-0.39, 0.29) is 29.4 Å². The van der Waals surface area contributed by atoms with E-state index < -0.39 is 0 Å². The maximum absolute atomic E-state index is 14.2. The quantitative estimate of drug-likeness (QED) is 0.944. The summed E-state index contributed by atoms with van der Waals surface area (Å²) in [4.78, 5) is 13.7. The predicted molar refractivity (Wildman–Crippen MR) is 79.6 cm³/mol. The van der Waals surface area contributed by atoms with E-state index >= 15 is 0 Å². The maximum Gasteiger partial charge on any atom is 0.273 e. The third-order valence-corrected chi connectivity index (χ3v) is 4.23. The van der Waals surface area contributed by atoms with Crippen LogP contribution in [0.2, 0.25) is 0 Å². The molecule has 1 atom stereocenters. The number of benzene rings is 1. The summed E-state index contributed by atoms with van der Waals surface area (Å²) in [6.07, 6.45) is 5.66. The van der Waals surface area contributed by atoms with E-state index in [0.29, 0.717) is 5.56 Å². The number of nitrogens with one attached hydrogen (secondary N) is 1. The first kappa shape index (κ1) is 14.7. The molecule has 1 aromatic carbocycles. The van der Waals surface area contributed by atoms with Crippen molar-refractivity contribution in [3.8, 4) is 0 Å². The number of hydrogen-bond donors (Lipinski definition) is 1. The molecule has 1 fully saturated rings. The number of rotatable bonds is 4. The second kappa shape index (κ2) is 6.25. The first-order valence-corrected chi connectivity index (χ1v) is 7.57. The summed E-state index contributed by atoms with van der Waals surface area (Å²) in [6.45, 7) is 0. The zero-order valence-corrected chi connectivity index (χ0v) is 12.5. The van der Waals surface area contributed by atoms with Crippen molar-refractivity contribution in [2.24, 2.45) is 13.0 Å². The van der Waals surface area contributed by atoms with Gasteiger partial charge in [0.05, 0.1) is 12.2 Å². The number of carbonyl (C=O) groups excluding carboxylic acids is 1. The lowest BCUT2D eigenvalue weighted by Crippen LogP contribution is -2.33. The van der Waals surface area contributed by atoms with Crippen LogP contribution < -0.4 is 5.32 Å². The molecule has 1 amide bonds. The van der Waals surface area contributed by atoms with Crippen molar-refractivity contribution in [3.63, 3.8) is 0 Å². The Hall–Kier alpha value is -2.24. The Morgan fingerprint density at radius 3 is 2.73 bits per heavy atom. The zero-order chi connectivity index (χ0) is 15.5. The summed E-state index contributed by atoms with van der Waals surface area (Å²) in [5, 5.41) is 10.9. The molecule has 0 bridgehead atoms. The van der Waals surface area contributed by atoms with Gasteiger partial charge < -0.3 is 5.32 Å². The fraction of sp³-hybridized carbons (Fsp3) is 0.438. The SMILES string of the molecule is Cn1ncc(C(=O)NC(c2ccccc2F)C2CCCC2)n1. The highest BCUT2D eigenvalue weighted by molar-refractivity contribution is 5.92. The van der Waals surface area contributed by atoms with E-state index in [2.05, 4.69) is 15.5 Å². The lowest BCUT2D eigenvalue weighted by Gasteiger charge is -2.25. The van der Waals surface area contributed by atoms with Gasteiger partial charge in [-0.25, -0.2) is 4.39 Å². The minimum atomic E-state index is -0.321. The number of halogens is 1. The van der Waals surface area contributed by atoms with Crippen LogP contribution in [0.15, 0.2) is 30.5 Å². The predicted octanol–water partition coefficient (Wildman–Crippen LogP) is 2.62. The van der Waals surface area contributed by atoms with Gasteiger partial charge in [0.2, 0.25) is 0 Å². The molecule has 1 aliphatic rings. The van der Waals surface area contributed by atoms with Gasteiger partial charge in [-0.3, -0.25) is 4.79 Å². The highest BCUT2D eigenvalue weighted by Gasteiger charge is 2.30. The molecule has 0 saturated heterocycles. The largest absolute Gasteiger partial charge is 0.343 e. The molecule has 22 heavy (non-hydrogen) atoms. The molecule has 1 N–H and O–H groups in total. The van der Waals surface area contributed by atoms with Crippen molar-refractivity contribution in [1.29, 1.82) is 0 Å². The Morgan fingerprint density at radius 1 is 1.36 bits per heavy atom. The lowest BCUT2D eigenvalue weighted by molar-refractivity contribution is 0.0915. The van der Waals surface area contributed by atoms with Crippen LogP contribution in [0, 0.1) is 11.7 Å². The third-order valence-electron chi connectivity index (χ3n) is 4.23. The summed E-state index contributed by atoms with van der Waals surface area (Å²) in [5.74, 6) is -0.329. The summed E-state index contributed by atoms with van der Waals surface area (Å²) >= 11 is 0. The van der Waals surface area contributed by atoms with Crippen LogP contribution in [0.4, 0.5) is 4.39 Å².